The van der Waals surface area contributed by atoms with Crippen LogP contribution >= 0.6 is 0 Å². The number of hydrogen-bond donors (Lipinski definition) is 1. The van der Waals surface area contributed by atoms with Gasteiger partial charge in [0.05, 0.1) is 12.7 Å². The molecule has 2 aromatic rings. The fraction of sp³-hybridized carbons (Fsp3) is 0.500. The van der Waals surface area contributed by atoms with E-state index in [4.69, 9.17) is 17.1 Å². The van der Waals surface area contributed by atoms with E-state index in [0.717, 1.165) is 30.0 Å². The molecule has 0 aliphatic heterocycles. The van der Waals surface area contributed by atoms with Crippen LogP contribution in [-0.2, 0) is 18.5 Å². The molecule has 0 amide bonds. The first kappa shape index (κ1) is 15.2. The van der Waals surface area contributed by atoms with Crippen molar-refractivity contribution in [2.75, 3.05) is 5.73 Å². The molecule has 0 unspecified atom stereocenters. The summed E-state index contributed by atoms with van der Waals surface area (Å²) < 4.78 is 3.82. The van der Waals surface area contributed by atoms with Crippen molar-refractivity contribution in [3.05, 3.63) is 18.2 Å². The van der Waals surface area contributed by atoms with Gasteiger partial charge < -0.3 is 10.3 Å². The number of nitrogen functional groups attached to an aromatic ring is 1. The second-order valence-corrected chi connectivity index (χ2v) is 6.20. The quantitative estimate of drug-likeness (QED) is 0.878. The number of imidazole rings is 1. The monoisotopic (exact) mass is 285 g/mol. The van der Waals surface area contributed by atoms with Crippen LogP contribution in [0.5, 0.6) is 0 Å². The average molecular weight is 285 g/mol. The highest BCUT2D eigenvalue weighted by atomic mass is 15.3. The highest BCUT2D eigenvalue weighted by Crippen LogP contribution is 2.31. The third-order valence-corrected chi connectivity index (χ3v) is 3.29. The standard InChI is InChI=1S/C16H23N5/c1-6-8-20-11-12(10-18-20)13-14(17)21(9-7-2)15(19-13)16(3,4)5/h2,10-11H,6,8-9,17H2,1,3-5H3. The first-order valence-corrected chi connectivity index (χ1v) is 7.21. The molecule has 0 atom stereocenters. The molecule has 0 aliphatic carbocycles. The van der Waals surface area contributed by atoms with Gasteiger partial charge in [-0.15, -0.1) is 6.42 Å². The Morgan fingerprint density at radius 2 is 2.10 bits per heavy atom. The predicted octanol–water partition coefficient (Wildman–Crippen LogP) is 2.67. The molecule has 0 saturated carbocycles. The number of terminal acetylenes is 1. The molecule has 0 radical (unpaired) electrons. The summed E-state index contributed by atoms with van der Waals surface area (Å²) in [4.78, 5) is 4.73. The number of aromatic nitrogens is 4. The van der Waals surface area contributed by atoms with Gasteiger partial charge in [0.25, 0.3) is 0 Å². The minimum absolute atomic E-state index is 0.122. The molecule has 0 bridgehead atoms. The molecule has 0 saturated heterocycles. The van der Waals surface area contributed by atoms with Crippen LogP contribution in [0.1, 0.15) is 39.9 Å². The van der Waals surface area contributed by atoms with E-state index in [9.17, 15) is 0 Å². The van der Waals surface area contributed by atoms with Gasteiger partial charge in [-0.2, -0.15) is 5.10 Å². The van der Waals surface area contributed by atoms with E-state index in [1.54, 1.807) is 6.20 Å². The highest BCUT2D eigenvalue weighted by molar-refractivity contribution is 5.70. The van der Waals surface area contributed by atoms with E-state index in [1.807, 2.05) is 15.4 Å². The molecule has 21 heavy (non-hydrogen) atoms. The fourth-order valence-electron chi connectivity index (χ4n) is 2.34. The van der Waals surface area contributed by atoms with Crippen molar-refractivity contribution < 1.29 is 0 Å². The van der Waals surface area contributed by atoms with Crippen LogP contribution < -0.4 is 5.73 Å². The maximum absolute atomic E-state index is 6.27. The van der Waals surface area contributed by atoms with Crippen LogP contribution in [0.4, 0.5) is 5.82 Å². The van der Waals surface area contributed by atoms with Crippen molar-refractivity contribution in [2.45, 2.75) is 52.6 Å². The predicted molar refractivity (Wildman–Crippen MR) is 85.7 cm³/mol. The lowest BCUT2D eigenvalue weighted by Crippen LogP contribution is -2.19. The zero-order valence-electron chi connectivity index (χ0n) is 13.2. The molecule has 0 fully saturated rings. The van der Waals surface area contributed by atoms with Gasteiger partial charge in [0, 0.05) is 23.7 Å². The maximum atomic E-state index is 6.27. The summed E-state index contributed by atoms with van der Waals surface area (Å²) in [5.74, 6) is 4.15. The summed E-state index contributed by atoms with van der Waals surface area (Å²) in [6.45, 7) is 9.74. The van der Waals surface area contributed by atoms with Crippen molar-refractivity contribution in [3.8, 4) is 23.6 Å². The number of nitrogens with zero attached hydrogens (tertiary/aromatic N) is 4. The zero-order valence-corrected chi connectivity index (χ0v) is 13.2. The number of hydrogen-bond acceptors (Lipinski definition) is 3. The van der Waals surface area contributed by atoms with E-state index >= 15 is 0 Å². The Labute approximate surface area is 126 Å². The summed E-state index contributed by atoms with van der Waals surface area (Å²) in [6.07, 6.45) is 10.3. The second-order valence-electron chi connectivity index (χ2n) is 6.20. The lowest BCUT2D eigenvalue weighted by atomic mass is 9.95. The summed E-state index contributed by atoms with van der Waals surface area (Å²) >= 11 is 0. The fourth-order valence-corrected chi connectivity index (χ4v) is 2.34. The van der Waals surface area contributed by atoms with Crippen molar-refractivity contribution in [1.82, 2.24) is 19.3 Å². The lowest BCUT2D eigenvalue weighted by molar-refractivity contribution is 0.517. The van der Waals surface area contributed by atoms with E-state index < -0.39 is 0 Å². The van der Waals surface area contributed by atoms with Crippen LogP contribution in [0.25, 0.3) is 11.3 Å². The Hall–Kier alpha value is -2.22. The molecule has 2 rings (SSSR count). The smallest absolute Gasteiger partial charge is 0.132 e. The van der Waals surface area contributed by atoms with Crippen molar-refractivity contribution in [1.29, 1.82) is 0 Å². The van der Waals surface area contributed by atoms with Gasteiger partial charge >= 0.3 is 0 Å². The van der Waals surface area contributed by atoms with Gasteiger partial charge in [-0.05, 0) is 6.42 Å². The molecule has 112 valence electrons. The van der Waals surface area contributed by atoms with Gasteiger partial charge in [-0.3, -0.25) is 4.68 Å². The molecular weight excluding hydrogens is 262 g/mol. The number of aryl methyl sites for hydroxylation is 1. The average Bonchev–Trinajstić information content (AvgIpc) is 2.96. The van der Waals surface area contributed by atoms with Gasteiger partial charge in [0.2, 0.25) is 0 Å². The van der Waals surface area contributed by atoms with E-state index in [1.165, 1.54) is 0 Å². The minimum Gasteiger partial charge on any atom is -0.383 e. The van der Waals surface area contributed by atoms with E-state index in [0.29, 0.717) is 12.4 Å². The molecule has 0 spiro atoms. The summed E-state index contributed by atoms with van der Waals surface area (Å²) in [6, 6.07) is 0. The van der Waals surface area contributed by atoms with Crippen LogP contribution in [0, 0.1) is 12.3 Å². The summed E-state index contributed by atoms with van der Waals surface area (Å²) in [5.41, 5.74) is 7.84. The first-order chi connectivity index (χ1) is 9.88. The van der Waals surface area contributed by atoms with Gasteiger partial charge in [-0.1, -0.05) is 33.6 Å². The third kappa shape index (κ3) is 2.94. The van der Waals surface area contributed by atoms with Crippen molar-refractivity contribution in [2.24, 2.45) is 0 Å². The molecular formula is C16H23N5. The number of nitrogens with two attached hydrogens (primary N) is 1. The third-order valence-electron chi connectivity index (χ3n) is 3.29. The van der Waals surface area contributed by atoms with E-state index in [2.05, 4.69) is 38.7 Å². The highest BCUT2D eigenvalue weighted by Gasteiger charge is 2.25. The molecule has 2 aromatic heterocycles. The number of rotatable bonds is 4. The van der Waals surface area contributed by atoms with Gasteiger partial charge in [0.15, 0.2) is 0 Å². The summed E-state index contributed by atoms with van der Waals surface area (Å²) in [5, 5.41) is 4.34. The molecule has 2 heterocycles. The minimum atomic E-state index is -0.122. The second kappa shape index (κ2) is 5.65. The Kier molecular flexibility index (Phi) is 4.08. The van der Waals surface area contributed by atoms with Crippen LogP contribution in [0.15, 0.2) is 12.4 Å². The van der Waals surface area contributed by atoms with Crippen molar-refractivity contribution in [3.63, 3.8) is 0 Å². The molecule has 5 heteroatoms. The van der Waals surface area contributed by atoms with Crippen LogP contribution in [0.3, 0.4) is 0 Å². The molecule has 2 N–H and O–H groups in total. The Morgan fingerprint density at radius 3 is 2.67 bits per heavy atom. The van der Waals surface area contributed by atoms with Crippen LogP contribution in [0.2, 0.25) is 0 Å². The zero-order chi connectivity index (χ0) is 15.6. The number of anilines is 1. The lowest BCUT2D eigenvalue weighted by Gasteiger charge is -2.18. The Bertz CT molecular complexity index is 664. The summed E-state index contributed by atoms with van der Waals surface area (Å²) in [7, 11) is 0. The van der Waals surface area contributed by atoms with E-state index in [-0.39, 0.29) is 5.41 Å². The van der Waals surface area contributed by atoms with Gasteiger partial charge in [0.1, 0.15) is 17.3 Å². The van der Waals surface area contributed by atoms with Crippen molar-refractivity contribution >= 4 is 5.82 Å². The first-order valence-electron chi connectivity index (χ1n) is 7.21. The van der Waals surface area contributed by atoms with Gasteiger partial charge in [-0.25, -0.2) is 4.98 Å². The SMILES string of the molecule is C#CCn1c(C(C)(C)C)nc(-c2cnn(CCC)c2)c1N. The molecule has 0 aromatic carbocycles. The Morgan fingerprint density at radius 1 is 1.38 bits per heavy atom. The maximum Gasteiger partial charge on any atom is 0.132 e. The largest absolute Gasteiger partial charge is 0.383 e. The molecule has 0 aliphatic rings. The topological polar surface area (TPSA) is 61.7 Å². The van der Waals surface area contributed by atoms with Crippen LogP contribution in [-0.4, -0.2) is 19.3 Å². The molecule has 5 nitrogen and oxygen atoms in total. The normalized spacial score (nSPS) is 11.6. The Balaban J connectivity index is 2.51.